The maximum absolute atomic E-state index is 6.73. The smallest absolute Gasteiger partial charge is 0.399 e. The molecule has 0 bridgehead atoms. The molecule has 0 aromatic heterocycles. The van der Waals surface area contributed by atoms with Crippen molar-refractivity contribution in [3.63, 3.8) is 0 Å². The quantitative estimate of drug-likeness (QED) is 0.503. The Labute approximate surface area is 183 Å². The van der Waals surface area contributed by atoms with Crippen LogP contribution in [-0.4, -0.2) is 18.3 Å². The zero-order valence-electron chi connectivity index (χ0n) is 20.4. The Morgan fingerprint density at radius 3 is 1.67 bits per heavy atom. The monoisotopic (exact) mass is 407 g/mol. The van der Waals surface area contributed by atoms with Gasteiger partial charge in [-0.2, -0.15) is 0 Å². The molecule has 1 aliphatic heterocycles. The lowest BCUT2D eigenvalue weighted by Gasteiger charge is -2.32. The number of rotatable bonds is 2. The first kappa shape index (κ1) is 22.9. The molecule has 0 spiro atoms. The zero-order chi connectivity index (χ0) is 22.7. The summed E-state index contributed by atoms with van der Waals surface area (Å²) in [6.45, 7) is 21.8. The molecular formula is C26H38BNO2. The molecule has 1 fully saturated rings. The fraction of sp³-hybridized carbons (Fsp3) is 0.538. The van der Waals surface area contributed by atoms with Crippen LogP contribution in [0.1, 0.15) is 80.4 Å². The van der Waals surface area contributed by atoms with Crippen LogP contribution >= 0.6 is 0 Å². The second-order valence-corrected chi connectivity index (χ2v) is 11.7. The van der Waals surface area contributed by atoms with E-state index in [-0.39, 0.29) is 10.8 Å². The average Bonchev–Trinajstić information content (AvgIpc) is 2.80. The van der Waals surface area contributed by atoms with E-state index >= 15 is 0 Å². The summed E-state index contributed by atoms with van der Waals surface area (Å²) in [4.78, 5) is 0. The molecule has 0 aliphatic carbocycles. The number of hydrogen-bond acceptors (Lipinski definition) is 3. The van der Waals surface area contributed by atoms with Crippen molar-refractivity contribution in [3.8, 4) is 11.1 Å². The third-order valence-corrected chi connectivity index (χ3v) is 6.62. The summed E-state index contributed by atoms with van der Waals surface area (Å²) in [5.74, 6) is 0. The maximum Gasteiger partial charge on any atom is 0.496 e. The minimum Gasteiger partial charge on any atom is -0.399 e. The first-order valence-corrected chi connectivity index (χ1v) is 10.9. The van der Waals surface area contributed by atoms with Crippen LogP contribution in [0, 0.1) is 0 Å². The minimum atomic E-state index is -0.470. The lowest BCUT2D eigenvalue weighted by Crippen LogP contribution is -2.41. The number of para-hydroxylation sites is 1. The summed E-state index contributed by atoms with van der Waals surface area (Å²) in [5.41, 5.74) is 12.4. The van der Waals surface area contributed by atoms with E-state index in [0.717, 1.165) is 22.3 Å². The van der Waals surface area contributed by atoms with Crippen molar-refractivity contribution in [3.05, 3.63) is 47.5 Å². The summed E-state index contributed by atoms with van der Waals surface area (Å²) in [7, 11) is -0.470. The predicted octanol–water partition coefficient (Wildman–Crippen LogP) is 5.83. The van der Waals surface area contributed by atoms with E-state index in [0.29, 0.717) is 0 Å². The van der Waals surface area contributed by atoms with Gasteiger partial charge in [0, 0.05) is 16.7 Å². The molecular weight excluding hydrogens is 369 g/mol. The van der Waals surface area contributed by atoms with Crippen LogP contribution < -0.4 is 11.2 Å². The van der Waals surface area contributed by atoms with E-state index in [1.807, 2.05) is 12.1 Å². The Morgan fingerprint density at radius 2 is 1.23 bits per heavy atom. The summed E-state index contributed by atoms with van der Waals surface area (Å²) >= 11 is 0. The van der Waals surface area contributed by atoms with Gasteiger partial charge in [-0.1, -0.05) is 77.9 Å². The van der Waals surface area contributed by atoms with Gasteiger partial charge in [0.25, 0.3) is 0 Å². The maximum atomic E-state index is 6.73. The second kappa shape index (κ2) is 7.14. The van der Waals surface area contributed by atoms with E-state index in [1.54, 1.807) is 0 Å². The van der Waals surface area contributed by atoms with Crippen molar-refractivity contribution < 1.29 is 9.31 Å². The molecule has 0 saturated carbocycles. The molecule has 0 atom stereocenters. The van der Waals surface area contributed by atoms with Gasteiger partial charge in [-0.3, -0.25) is 0 Å². The van der Waals surface area contributed by atoms with Gasteiger partial charge in [0.2, 0.25) is 0 Å². The molecule has 2 N–H and O–H groups in total. The van der Waals surface area contributed by atoms with Gasteiger partial charge in [0.15, 0.2) is 0 Å². The Kier molecular flexibility index (Phi) is 5.45. The fourth-order valence-corrected chi connectivity index (χ4v) is 3.66. The summed E-state index contributed by atoms with van der Waals surface area (Å²) < 4.78 is 12.6. The first-order chi connectivity index (χ1) is 13.5. The first-order valence-electron chi connectivity index (χ1n) is 10.9. The van der Waals surface area contributed by atoms with Crippen molar-refractivity contribution in [1.82, 2.24) is 0 Å². The van der Waals surface area contributed by atoms with E-state index in [1.165, 1.54) is 11.1 Å². The van der Waals surface area contributed by atoms with Gasteiger partial charge in [-0.25, -0.2) is 0 Å². The largest absolute Gasteiger partial charge is 0.496 e. The minimum absolute atomic E-state index is 0.0497. The van der Waals surface area contributed by atoms with Crippen LogP contribution in [0.3, 0.4) is 0 Å². The highest BCUT2D eigenvalue weighted by Gasteiger charge is 2.52. The van der Waals surface area contributed by atoms with Crippen molar-refractivity contribution in [2.24, 2.45) is 0 Å². The van der Waals surface area contributed by atoms with Gasteiger partial charge >= 0.3 is 7.12 Å². The summed E-state index contributed by atoms with van der Waals surface area (Å²) in [6.07, 6.45) is 0. The second-order valence-electron chi connectivity index (χ2n) is 11.7. The van der Waals surface area contributed by atoms with Crippen LogP contribution in [0.2, 0.25) is 0 Å². The Hall–Kier alpha value is -1.78. The van der Waals surface area contributed by atoms with Gasteiger partial charge in [0.05, 0.1) is 11.2 Å². The van der Waals surface area contributed by atoms with E-state index < -0.39 is 18.3 Å². The molecule has 1 heterocycles. The summed E-state index contributed by atoms with van der Waals surface area (Å²) in [5, 5.41) is 0. The summed E-state index contributed by atoms with van der Waals surface area (Å²) in [6, 6.07) is 13.0. The van der Waals surface area contributed by atoms with Crippen LogP contribution in [0.4, 0.5) is 5.69 Å². The van der Waals surface area contributed by atoms with Crippen molar-refractivity contribution in [2.75, 3.05) is 5.73 Å². The molecule has 162 valence electrons. The van der Waals surface area contributed by atoms with Gasteiger partial charge in [-0.15, -0.1) is 0 Å². The van der Waals surface area contributed by atoms with E-state index in [4.69, 9.17) is 15.0 Å². The number of nitrogens with two attached hydrogens (primary N) is 1. The number of benzene rings is 2. The van der Waals surface area contributed by atoms with Gasteiger partial charge in [-0.05, 0) is 55.2 Å². The SMILES string of the molecule is CC(C)(C)c1cc(-c2cccc(B3OC(C)(C)C(C)(C)O3)c2N)cc(C(C)(C)C)c1. The number of anilines is 1. The lowest BCUT2D eigenvalue weighted by molar-refractivity contribution is 0.00578. The van der Waals surface area contributed by atoms with E-state index in [9.17, 15) is 0 Å². The van der Waals surface area contributed by atoms with Crippen LogP contribution in [-0.2, 0) is 20.1 Å². The molecule has 4 heteroatoms. The third kappa shape index (κ3) is 4.17. The molecule has 3 rings (SSSR count). The topological polar surface area (TPSA) is 44.5 Å². The molecule has 1 saturated heterocycles. The van der Waals surface area contributed by atoms with Gasteiger partial charge in [0.1, 0.15) is 0 Å². The molecule has 0 amide bonds. The van der Waals surface area contributed by atoms with Gasteiger partial charge < -0.3 is 15.0 Å². The Balaban J connectivity index is 2.13. The lowest BCUT2D eigenvalue weighted by atomic mass is 9.75. The molecule has 2 aromatic carbocycles. The zero-order valence-corrected chi connectivity index (χ0v) is 20.4. The van der Waals surface area contributed by atoms with Crippen LogP contribution in [0.25, 0.3) is 11.1 Å². The highest BCUT2D eigenvalue weighted by atomic mass is 16.7. The Morgan fingerprint density at radius 1 is 0.767 bits per heavy atom. The molecule has 0 unspecified atom stereocenters. The normalized spacial score (nSPS) is 18.7. The van der Waals surface area contributed by atoms with Crippen molar-refractivity contribution in [1.29, 1.82) is 0 Å². The average molecular weight is 407 g/mol. The molecule has 2 aromatic rings. The highest BCUT2D eigenvalue weighted by Crippen LogP contribution is 2.39. The van der Waals surface area contributed by atoms with Crippen molar-refractivity contribution in [2.45, 2.75) is 91.3 Å². The molecule has 3 nitrogen and oxygen atoms in total. The fourth-order valence-electron chi connectivity index (χ4n) is 3.66. The molecule has 1 aliphatic rings. The van der Waals surface area contributed by atoms with Crippen molar-refractivity contribution >= 4 is 18.3 Å². The third-order valence-electron chi connectivity index (χ3n) is 6.62. The highest BCUT2D eigenvalue weighted by molar-refractivity contribution is 6.64. The number of hydrogen-bond donors (Lipinski definition) is 1. The van der Waals surface area contributed by atoms with E-state index in [2.05, 4.69) is 93.5 Å². The van der Waals surface area contributed by atoms with Crippen LogP contribution in [0.15, 0.2) is 36.4 Å². The molecule has 0 radical (unpaired) electrons. The molecule has 30 heavy (non-hydrogen) atoms. The standard InChI is InChI=1S/C26H38BNO2/c1-23(2,3)18-14-17(15-19(16-18)24(4,5)6)20-12-11-13-21(22(20)28)27-29-25(7,8)26(9,10)30-27/h11-16H,28H2,1-10H3. The predicted molar refractivity (Wildman–Crippen MR) is 129 cm³/mol. The number of nitrogen functional groups attached to an aromatic ring is 1. The Bertz CT molecular complexity index is 900. The van der Waals surface area contributed by atoms with Crippen LogP contribution in [0.5, 0.6) is 0 Å².